The summed E-state index contributed by atoms with van der Waals surface area (Å²) in [6.45, 7) is 0. The minimum Gasteiger partial charge on any atom is -0.459 e. The van der Waals surface area contributed by atoms with E-state index in [9.17, 15) is 4.79 Å². The molecule has 92 valence electrons. The van der Waals surface area contributed by atoms with Gasteiger partial charge in [0.2, 0.25) is 0 Å². The SMILES string of the molecule is O=C(Nc1ccc(NC2CC2)cn1)c1ccco1. The molecule has 1 fully saturated rings. The number of hydrogen-bond donors (Lipinski definition) is 2. The average molecular weight is 243 g/mol. The summed E-state index contributed by atoms with van der Waals surface area (Å²) >= 11 is 0. The van der Waals surface area contributed by atoms with Crippen molar-refractivity contribution in [1.29, 1.82) is 0 Å². The van der Waals surface area contributed by atoms with Crippen molar-refractivity contribution in [1.82, 2.24) is 4.98 Å². The topological polar surface area (TPSA) is 67.2 Å². The Morgan fingerprint density at radius 1 is 1.33 bits per heavy atom. The number of carbonyl (C=O) groups is 1. The second kappa shape index (κ2) is 4.52. The number of anilines is 2. The minimum absolute atomic E-state index is 0.275. The lowest BCUT2D eigenvalue weighted by Crippen LogP contribution is -2.12. The standard InChI is InChI=1S/C13H13N3O2/c17-13(11-2-1-7-18-11)16-12-6-5-10(8-14-12)15-9-3-4-9/h1-2,5-9,15H,3-4H2,(H,14,16,17). The van der Waals surface area contributed by atoms with Crippen molar-refractivity contribution in [3.05, 3.63) is 42.5 Å². The van der Waals surface area contributed by atoms with Crippen LogP contribution in [0, 0.1) is 0 Å². The Balaban J connectivity index is 1.63. The Labute approximate surface area is 104 Å². The maximum atomic E-state index is 11.7. The van der Waals surface area contributed by atoms with Crippen LogP contribution in [-0.2, 0) is 0 Å². The van der Waals surface area contributed by atoms with E-state index < -0.39 is 0 Å². The summed E-state index contributed by atoms with van der Waals surface area (Å²) in [5, 5.41) is 6.00. The first-order chi connectivity index (χ1) is 8.81. The van der Waals surface area contributed by atoms with Gasteiger partial charge in [0.25, 0.3) is 5.91 Å². The summed E-state index contributed by atoms with van der Waals surface area (Å²) < 4.78 is 5.00. The number of carbonyl (C=O) groups excluding carboxylic acids is 1. The predicted molar refractivity (Wildman–Crippen MR) is 67.5 cm³/mol. The van der Waals surface area contributed by atoms with Gasteiger partial charge in [0.15, 0.2) is 5.76 Å². The number of nitrogens with one attached hydrogen (secondary N) is 2. The smallest absolute Gasteiger partial charge is 0.292 e. The van der Waals surface area contributed by atoms with Gasteiger partial charge in [-0.3, -0.25) is 4.79 Å². The highest BCUT2D eigenvalue weighted by Gasteiger charge is 2.20. The van der Waals surface area contributed by atoms with Crippen LogP contribution in [0.5, 0.6) is 0 Å². The van der Waals surface area contributed by atoms with Crippen LogP contribution in [-0.4, -0.2) is 16.9 Å². The Hall–Kier alpha value is -2.30. The molecule has 1 saturated carbocycles. The van der Waals surface area contributed by atoms with Crippen molar-refractivity contribution >= 4 is 17.4 Å². The molecule has 0 bridgehead atoms. The summed E-state index contributed by atoms with van der Waals surface area (Å²) in [5.74, 6) is 0.491. The molecule has 2 N–H and O–H groups in total. The van der Waals surface area contributed by atoms with E-state index in [0.29, 0.717) is 11.9 Å². The molecule has 2 aromatic rings. The number of furan rings is 1. The molecule has 0 aliphatic heterocycles. The first kappa shape index (κ1) is 10.8. The summed E-state index contributed by atoms with van der Waals surface area (Å²) in [5.41, 5.74) is 0.980. The largest absolute Gasteiger partial charge is 0.459 e. The number of nitrogens with zero attached hydrogens (tertiary/aromatic N) is 1. The molecule has 0 atom stereocenters. The van der Waals surface area contributed by atoms with E-state index in [2.05, 4.69) is 15.6 Å². The maximum Gasteiger partial charge on any atom is 0.292 e. The molecule has 1 amide bonds. The molecule has 1 aliphatic rings. The van der Waals surface area contributed by atoms with Gasteiger partial charge >= 0.3 is 0 Å². The number of amides is 1. The highest BCUT2D eigenvalue weighted by atomic mass is 16.3. The third kappa shape index (κ3) is 2.51. The van der Waals surface area contributed by atoms with Crippen LogP contribution in [0.25, 0.3) is 0 Å². The Bertz CT molecular complexity index is 530. The van der Waals surface area contributed by atoms with Crippen molar-refractivity contribution < 1.29 is 9.21 Å². The molecular formula is C13H13N3O2. The van der Waals surface area contributed by atoms with Crippen LogP contribution in [0.4, 0.5) is 11.5 Å². The lowest BCUT2D eigenvalue weighted by atomic mass is 10.3. The van der Waals surface area contributed by atoms with E-state index in [1.165, 1.54) is 19.1 Å². The first-order valence-electron chi connectivity index (χ1n) is 5.89. The van der Waals surface area contributed by atoms with Gasteiger partial charge in [-0.25, -0.2) is 4.98 Å². The van der Waals surface area contributed by atoms with Crippen LogP contribution < -0.4 is 10.6 Å². The zero-order valence-corrected chi connectivity index (χ0v) is 9.72. The highest BCUT2D eigenvalue weighted by molar-refractivity contribution is 6.01. The summed E-state index contributed by atoms with van der Waals surface area (Å²) in [6, 6.07) is 7.55. The average Bonchev–Trinajstić information content (AvgIpc) is 3.02. The predicted octanol–water partition coefficient (Wildman–Crippen LogP) is 2.50. The molecule has 0 spiro atoms. The number of pyridine rings is 1. The van der Waals surface area contributed by atoms with Crippen molar-refractivity contribution in [3.8, 4) is 0 Å². The van der Waals surface area contributed by atoms with E-state index in [-0.39, 0.29) is 11.7 Å². The highest BCUT2D eigenvalue weighted by Crippen LogP contribution is 2.24. The van der Waals surface area contributed by atoms with Crippen LogP contribution >= 0.6 is 0 Å². The monoisotopic (exact) mass is 243 g/mol. The van der Waals surface area contributed by atoms with Crippen molar-refractivity contribution in [2.24, 2.45) is 0 Å². The molecule has 0 radical (unpaired) electrons. The van der Waals surface area contributed by atoms with Crippen molar-refractivity contribution in [3.63, 3.8) is 0 Å². The van der Waals surface area contributed by atoms with Crippen molar-refractivity contribution in [2.75, 3.05) is 10.6 Å². The molecular weight excluding hydrogens is 230 g/mol. The third-order valence-corrected chi connectivity index (χ3v) is 2.70. The Kier molecular flexibility index (Phi) is 2.72. The molecule has 0 aromatic carbocycles. The first-order valence-corrected chi connectivity index (χ1v) is 5.89. The van der Waals surface area contributed by atoms with E-state index in [1.54, 1.807) is 24.4 Å². The van der Waals surface area contributed by atoms with Crippen LogP contribution in [0.2, 0.25) is 0 Å². The van der Waals surface area contributed by atoms with Gasteiger partial charge in [-0.05, 0) is 37.1 Å². The lowest BCUT2D eigenvalue weighted by molar-refractivity contribution is 0.0996. The van der Waals surface area contributed by atoms with Gasteiger partial charge in [-0.15, -0.1) is 0 Å². The van der Waals surface area contributed by atoms with Gasteiger partial charge in [0.05, 0.1) is 18.1 Å². The van der Waals surface area contributed by atoms with Gasteiger partial charge < -0.3 is 15.1 Å². The Morgan fingerprint density at radius 2 is 2.22 bits per heavy atom. The summed E-state index contributed by atoms with van der Waals surface area (Å²) in [7, 11) is 0. The fourth-order valence-electron chi connectivity index (χ4n) is 1.60. The molecule has 5 heteroatoms. The lowest BCUT2D eigenvalue weighted by Gasteiger charge is -2.05. The van der Waals surface area contributed by atoms with Gasteiger partial charge in [-0.2, -0.15) is 0 Å². The maximum absolute atomic E-state index is 11.7. The molecule has 2 heterocycles. The second-order valence-electron chi connectivity index (χ2n) is 4.28. The molecule has 0 saturated heterocycles. The number of hydrogen-bond acceptors (Lipinski definition) is 4. The second-order valence-corrected chi connectivity index (χ2v) is 4.28. The van der Waals surface area contributed by atoms with E-state index in [1.807, 2.05) is 6.07 Å². The van der Waals surface area contributed by atoms with E-state index in [4.69, 9.17) is 4.42 Å². The van der Waals surface area contributed by atoms with Crippen LogP contribution in [0.1, 0.15) is 23.4 Å². The van der Waals surface area contributed by atoms with Crippen LogP contribution in [0.15, 0.2) is 41.1 Å². The minimum atomic E-state index is -0.296. The quantitative estimate of drug-likeness (QED) is 0.865. The normalized spacial score (nSPS) is 14.2. The fraction of sp³-hybridized carbons (Fsp3) is 0.231. The molecule has 5 nitrogen and oxygen atoms in total. The van der Waals surface area contributed by atoms with Gasteiger partial charge in [0.1, 0.15) is 5.82 Å². The van der Waals surface area contributed by atoms with Gasteiger partial charge in [-0.1, -0.05) is 0 Å². The zero-order chi connectivity index (χ0) is 12.4. The molecule has 18 heavy (non-hydrogen) atoms. The number of aromatic nitrogens is 1. The van der Waals surface area contributed by atoms with E-state index >= 15 is 0 Å². The van der Waals surface area contributed by atoms with Crippen LogP contribution in [0.3, 0.4) is 0 Å². The zero-order valence-electron chi connectivity index (χ0n) is 9.72. The fourth-order valence-corrected chi connectivity index (χ4v) is 1.60. The summed E-state index contributed by atoms with van der Waals surface area (Å²) in [4.78, 5) is 15.9. The van der Waals surface area contributed by atoms with E-state index in [0.717, 1.165) is 5.69 Å². The van der Waals surface area contributed by atoms with Crippen molar-refractivity contribution in [2.45, 2.75) is 18.9 Å². The summed E-state index contributed by atoms with van der Waals surface area (Å²) in [6.07, 6.45) is 5.62. The number of rotatable bonds is 4. The molecule has 2 aromatic heterocycles. The molecule has 3 rings (SSSR count). The van der Waals surface area contributed by atoms with Gasteiger partial charge in [0, 0.05) is 6.04 Å². The third-order valence-electron chi connectivity index (χ3n) is 2.70. The molecule has 1 aliphatic carbocycles. The Morgan fingerprint density at radius 3 is 2.83 bits per heavy atom. The molecule has 0 unspecified atom stereocenters.